The highest BCUT2D eigenvalue weighted by atomic mass is 32.1. The Morgan fingerprint density at radius 3 is 1.50 bits per heavy atom. The summed E-state index contributed by atoms with van der Waals surface area (Å²) >= 11 is 1.71. The zero-order valence-corrected chi connectivity index (χ0v) is 5.53. The van der Waals surface area contributed by atoms with Gasteiger partial charge in [-0.05, 0) is 10.8 Å². The number of hydrogen-bond donors (Lipinski definition) is 0. The lowest BCUT2D eigenvalue weighted by Gasteiger charge is -1.39. The zero-order chi connectivity index (χ0) is 5.54. The molecule has 0 nitrogen and oxygen atoms in total. The summed E-state index contributed by atoms with van der Waals surface area (Å²) in [6.45, 7) is 6.00. The van der Waals surface area contributed by atoms with E-state index in [9.17, 15) is 0 Å². The molecule has 1 heterocycles. The Bertz CT molecular complexity index is 75.4. The number of hydrogen-bond acceptors (Lipinski definition) is 1. The van der Waals surface area contributed by atoms with E-state index < -0.39 is 0 Å². The average molecular weight is 123 g/mol. The Hall–Kier alpha value is -0.495. The van der Waals surface area contributed by atoms with Crippen LogP contribution in [0.5, 0.6) is 0 Å². The molecule has 2 heteroatoms. The molecule has 0 amide bonds. The maximum absolute atomic E-state index is 3.00. The van der Waals surface area contributed by atoms with E-state index >= 15 is 0 Å². The van der Waals surface area contributed by atoms with Crippen LogP contribution < -0.4 is 0 Å². The van der Waals surface area contributed by atoms with E-state index in [-0.39, 0.29) is 8.41 Å². The van der Waals surface area contributed by atoms with Crippen LogP contribution in [0.1, 0.15) is 0 Å². The SMILES string of the molecule is C=C.[B].c1ccsc1. The van der Waals surface area contributed by atoms with Crippen LogP contribution in [0.15, 0.2) is 36.1 Å². The second-order valence-electron chi connectivity index (χ2n) is 0.793. The van der Waals surface area contributed by atoms with Gasteiger partial charge in [0.2, 0.25) is 0 Å². The first-order chi connectivity index (χ1) is 3.50. The fourth-order valence-corrected chi connectivity index (χ4v) is 0.680. The fraction of sp³-hybridized carbons (Fsp3) is 0. The van der Waals surface area contributed by atoms with E-state index in [0.717, 1.165) is 0 Å². The maximum atomic E-state index is 3.00. The lowest BCUT2D eigenvalue weighted by atomic mass is 10.7. The Morgan fingerprint density at radius 1 is 1.00 bits per heavy atom. The summed E-state index contributed by atoms with van der Waals surface area (Å²) in [5.74, 6) is 0. The van der Waals surface area contributed by atoms with Crippen molar-refractivity contribution in [1.82, 2.24) is 0 Å². The minimum atomic E-state index is 0. The molecule has 0 N–H and O–H groups in total. The normalized spacial score (nSPS) is 5.50. The van der Waals surface area contributed by atoms with Crippen molar-refractivity contribution in [1.29, 1.82) is 0 Å². The summed E-state index contributed by atoms with van der Waals surface area (Å²) in [4.78, 5) is 0. The van der Waals surface area contributed by atoms with Crippen molar-refractivity contribution in [3.05, 3.63) is 36.1 Å². The molecule has 0 aliphatic carbocycles. The predicted molar refractivity (Wildman–Crippen MR) is 41.3 cm³/mol. The van der Waals surface area contributed by atoms with E-state index in [0.29, 0.717) is 0 Å². The minimum absolute atomic E-state index is 0. The smallest absolute Gasteiger partial charge is 0 e. The third kappa shape index (κ3) is 5.50. The van der Waals surface area contributed by atoms with Gasteiger partial charge in [-0.15, -0.1) is 13.2 Å². The highest BCUT2D eigenvalue weighted by Gasteiger charge is 1.58. The van der Waals surface area contributed by atoms with Crippen LogP contribution in [-0.4, -0.2) is 8.41 Å². The van der Waals surface area contributed by atoms with Crippen molar-refractivity contribution >= 4 is 19.7 Å². The van der Waals surface area contributed by atoms with E-state index in [1.807, 2.05) is 22.9 Å². The Balaban J connectivity index is 0. The monoisotopic (exact) mass is 123 g/mol. The molecule has 41 valence electrons. The first-order valence-corrected chi connectivity index (χ1v) is 2.91. The van der Waals surface area contributed by atoms with Crippen molar-refractivity contribution < 1.29 is 0 Å². The standard InChI is InChI=1S/C4H4S.C2H4.B/c1-2-4-5-3-1;1-2;/h1-4H;1-2H2;. The van der Waals surface area contributed by atoms with Gasteiger partial charge < -0.3 is 0 Å². The summed E-state index contributed by atoms with van der Waals surface area (Å²) < 4.78 is 0. The molecule has 0 aliphatic rings. The highest BCUT2D eigenvalue weighted by molar-refractivity contribution is 7.07. The van der Waals surface area contributed by atoms with Crippen molar-refractivity contribution in [3.8, 4) is 0 Å². The molecule has 0 spiro atoms. The van der Waals surface area contributed by atoms with Crippen LogP contribution in [0.25, 0.3) is 0 Å². The topological polar surface area (TPSA) is 0 Å². The van der Waals surface area contributed by atoms with Crippen molar-refractivity contribution in [3.63, 3.8) is 0 Å². The van der Waals surface area contributed by atoms with Gasteiger partial charge in [0, 0.05) is 8.41 Å². The van der Waals surface area contributed by atoms with Gasteiger partial charge in [0.05, 0.1) is 0 Å². The number of rotatable bonds is 0. The van der Waals surface area contributed by atoms with E-state index in [1.165, 1.54) is 0 Å². The largest absolute Gasteiger partial charge is 0.152 e. The molecule has 3 radical (unpaired) electrons. The molecule has 0 atom stereocenters. The maximum Gasteiger partial charge on any atom is 0 e. The summed E-state index contributed by atoms with van der Waals surface area (Å²) in [6, 6.07) is 4.04. The lowest BCUT2D eigenvalue weighted by Crippen LogP contribution is -1.16. The Labute approximate surface area is 56.4 Å². The first kappa shape index (κ1) is 10.5. The first-order valence-electron chi connectivity index (χ1n) is 1.97. The lowest BCUT2D eigenvalue weighted by molar-refractivity contribution is 2.03. The van der Waals surface area contributed by atoms with Crippen LogP contribution in [0, 0.1) is 0 Å². The van der Waals surface area contributed by atoms with Gasteiger partial charge in [-0.25, -0.2) is 0 Å². The molecular formula is C6H8BS. The quantitative estimate of drug-likeness (QED) is 0.366. The zero-order valence-electron chi connectivity index (χ0n) is 4.71. The van der Waals surface area contributed by atoms with Gasteiger partial charge in [-0.2, -0.15) is 11.3 Å². The van der Waals surface area contributed by atoms with Gasteiger partial charge in [0.25, 0.3) is 0 Å². The van der Waals surface area contributed by atoms with Crippen LogP contribution >= 0.6 is 11.3 Å². The van der Waals surface area contributed by atoms with Gasteiger partial charge in [0.1, 0.15) is 0 Å². The molecule has 8 heavy (non-hydrogen) atoms. The molecule has 0 saturated carbocycles. The van der Waals surface area contributed by atoms with Gasteiger partial charge >= 0.3 is 0 Å². The van der Waals surface area contributed by atoms with Crippen molar-refractivity contribution in [2.75, 3.05) is 0 Å². The molecule has 0 fully saturated rings. The summed E-state index contributed by atoms with van der Waals surface area (Å²) in [5, 5.41) is 4.08. The molecule has 0 bridgehead atoms. The van der Waals surface area contributed by atoms with Crippen LogP contribution in [-0.2, 0) is 0 Å². The number of thiophene rings is 1. The molecule has 0 aliphatic heterocycles. The van der Waals surface area contributed by atoms with Crippen molar-refractivity contribution in [2.45, 2.75) is 0 Å². The van der Waals surface area contributed by atoms with Gasteiger partial charge in [-0.1, -0.05) is 12.1 Å². The molecule has 1 rings (SSSR count). The Morgan fingerprint density at radius 2 is 1.38 bits per heavy atom. The average Bonchev–Trinajstić information content (AvgIpc) is 2.23. The second-order valence-corrected chi connectivity index (χ2v) is 1.61. The van der Waals surface area contributed by atoms with Crippen LogP contribution in [0.2, 0.25) is 0 Å². The highest BCUT2D eigenvalue weighted by Crippen LogP contribution is 1.91. The van der Waals surface area contributed by atoms with E-state index in [1.54, 1.807) is 11.3 Å². The third-order valence-corrected chi connectivity index (χ3v) is 1.05. The van der Waals surface area contributed by atoms with E-state index in [2.05, 4.69) is 13.2 Å². The summed E-state index contributed by atoms with van der Waals surface area (Å²) in [6.07, 6.45) is 0. The van der Waals surface area contributed by atoms with E-state index in [4.69, 9.17) is 0 Å². The van der Waals surface area contributed by atoms with Gasteiger partial charge in [-0.3, -0.25) is 0 Å². The predicted octanol–water partition coefficient (Wildman–Crippen LogP) is 2.17. The third-order valence-electron chi connectivity index (χ3n) is 0.425. The summed E-state index contributed by atoms with van der Waals surface area (Å²) in [7, 11) is 0. The molecule has 1 aromatic rings. The Kier molecular flexibility index (Phi) is 12.7. The minimum Gasteiger partial charge on any atom is -0.152 e. The molecular weight excluding hydrogens is 115 g/mol. The fourth-order valence-electron chi connectivity index (χ4n) is 0.227. The molecule has 0 saturated heterocycles. The summed E-state index contributed by atoms with van der Waals surface area (Å²) in [5.41, 5.74) is 0. The van der Waals surface area contributed by atoms with Crippen LogP contribution in [0.3, 0.4) is 0 Å². The molecule has 1 aromatic heterocycles. The second kappa shape index (κ2) is 9.71. The van der Waals surface area contributed by atoms with Crippen LogP contribution in [0.4, 0.5) is 0 Å². The molecule has 0 unspecified atom stereocenters. The van der Waals surface area contributed by atoms with Crippen molar-refractivity contribution in [2.24, 2.45) is 0 Å². The van der Waals surface area contributed by atoms with Gasteiger partial charge in [0.15, 0.2) is 0 Å². The molecule has 0 aromatic carbocycles.